The van der Waals surface area contributed by atoms with Crippen molar-refractivity contribution in [1.29, 1.82) is 0 Å². The average Bonchev–Trinajstić information content (AvgIpc) is 3.19. The van der Waals surface area contributed by atoms with E-state index in [9.17, 15) is 19.1 Å². The molecule has 0 aromatic carbocycles. The molecule has 34 heavy (non-hydrogen) atoms. The molecular weight excluding hydrogens is 444 g/mol. The van der Waals surface area contributed by atoms with Crippen molar-refractivity contribution in [2.24, 2.45) is 13.0 Å². The molecule has 0 bridgehead atoms. The van der Waals surface area contributed by atoms with Gasteiger partial charge in [0.15, 0.2) is 0 Å². The van der Waals surface area contributed by atoms with Crippen molar-refractivity contribution >= 4 is 12.1 Å². The first kappa shape index (κ1) is 25.4. The van der Waals surface area contributed by atoms with E-state index in [0.29, 0.717) is 60.8 Å². The van der Waals surface area contributed by atoms with E-state index >= 15 is 0 Å². The van der Waals surface area contributed by atoms with Crippen LogP contribution in [-0.2, 0) is 23.2 Å². The van der Waals surface area contributed by atoms with E-state index in [4.69, 9.17) is 9.47 Å². The molecular formula is C23H32FN5O5. The number of aryl methyl sites for hydroxylation is 2. The van der Waals surface area contributed by atoms with Gasteiger partial charge in [-0.25, -0.2) is 14.5 Å². The molecule has 2 aromatic heterocycles. The van der Waals surface area contributed by atoms with Crippen molar-refractivity contribution in [2.45, 2.75) is 58.2 Å². The molecule has 11 heteroatoms. The maximum absolute atomic E-state index is 12.3. The number of carbonyl (C=O) groups excluding carboxylic acids is 1. The second-order valence-corrected chi connectivity index (χ2v) is 8.60. The number of carboxylic acid groups (broad SMARTS) is 1. The van der Waals surface area contributed by atoms with Crippen LogP contribution in [0.2, 0.25) is 0 Å². The first-order valence-corrected chi connectivity index (χ1v) is 11.5. The third-order valence-electron chi connectivity index (χ3n) is 6.01. The van der Waals surface area contributed by atoms with Gasteiger partial charge in [0, 0.05) is 20.6 Å². The summed E-state index contributed by atoms with van der Waals surface area (Å²) in [6.45, 7) is 1.78. The number of aliphatic carboxylic acids is 1. The molecule has 1 aliphatic rings. The summed E-state index contributed by atoms with van der Waals surface area (Å²) in [5.74, 6) is -0.550. The van der Waals surface area contributed by atoms with E-state index in [0.717, 1.165) is 12.8 Å². The standard InChI is InChI=1S/C23H32FN5O5/c1-15-20(34-17-8-6-7-16(13-17)22(30)31)10-9-18(25-15)21-19(29(3)27-26-21)14-33-23(32)28(2)12-5-4-11-24/h9-10,16-17H,4-8,11-14H2,1-3H3,(H,30,31)/t16-,17-/m0/s1/i24-1. The highest BCUT2D eigenvalue weighted by atomic mass is 18.2. The Kier molecular flexibility index (Phi) is 8.78. The van der Waals surface area contributed by atoms with Crippen LogP contribution in [0.3, 0.4) is 0 Å². The fraction of sp³-hybridized carbons (Fsp3) is 0.609. The van der Waals surface area contributed by atoms with Crippen LogP contribution in [0.25, 0.3) is 11.4 Å². The lowest BCUT2D eigenvalue weighted by Crippen LogP contribution is -2.29. The fourth-order valence-corrected chi connectivity index (χ4v) is 3.97. The molecule has 0 unspecified atom stereocenters. The Labute approximate surface area is 198 Å². The number of halogens is 1. The van der Waals surface area contributed by atoms with Crippen molar-refractivity contribution in [2.75, 3.05) is 20.3 Å². The number of pyridine rings is 1. The van der Waals surface area contributed by atoms with Gasteiger partial charge < -0.3 is 19.5 Å². The third-order valence-corrected chi connectivity index (χ3v) is 6.01. The van der Waals surface area contributed by atoms with Crippen LogP contribution in [0.1, 0.15) is 49.9 Å². The number of amides is 1. The normalized spacial score (nSPS) is 17.9. The van der Waals surface area contributed by atoms with E-state index in [1.54, 1.807) is 26.2 Å². The van der Waals surface area contributed by atoms with Crippen LogP contribution in [0.5, 0.6) is 5.75 Å². The molecule has 2 aromatic rings. The Morgan fingerprint density at radius 1 is 1.29 bits per heavy atom. The maximum atomic E-state index is 12.3. The first-order chi connectivity index (χ1) is 16.3. The highest BCUT2D eigenvalue weighted by molar-refractivity contribution is 5.70. The quantitative estimate of drug-likeness (QED) is 0.517. The number of carboxylic acids is 1. The monoisotopic (exact) mass is 476 g/mol. The highest BCUT2D eigenvalue weighted by Crippen LogP contribution is 2.30. The Morgan fingerprint density at radius 3 is 2.79 bits per heavy atom. The van der Waals surface area contributed by atoms with E-state index < -0.39 is 18.7 Å². The minimum atomic E-state index is -0.777. The number of carbonyl (C=O) groups is 2. The lowest BCUT2D eigenvalue weighted by Gasteiger charge is -2.27. The zero-order chi connectivity index (χ0) is 24.7. The van der Waals surface area contributed by atoms with Crippen LogP contribution in [0.4, 0.5) is 9.18 Å². The van der Waals surface area contributed by atoms with Gasteiger partial charge >= 0.3 is 12.1 Å². The van der Waals surface area contributed by atoms with Gasteiger partial charge in [-0.1, -0.05) is 5.21 Å². The molecule has 1 saturated carbocycles. The van der Waals surface area contributed by atoms with Crippen molar-refractivity contribution in [3.8, 4) is 17.1 Å². The van der Waals surface area contributed by atoms with Crippen molar-refractivity contribution in [3.63, 3.8) is 0 Å². The van der Waals surface area contributed by atoms with Crippen LogP contribution in [-0.4, -0.2) is 68.4 Å². The van der Waals surface area contributed by atoms with E-state index in [-0.39, 0.29) is 18.6 Å². The second kappa shape index (κ2) is 11.8. The van der Waals surface area contributed by atoms with Gasteiger partial charge in [-0.2, -0.15) is 0 Å². The number of ether oxygens (including phenoxy) is 2. The van der Waals surface area contributed by atoms with Crippen LogP contribution >= 0.6 is 0 Å². The molecule has 1 N–H and O–H groups in total. The summed E-state index contributed by atoms with van der Waals surface area (Å²) >= 11 is 0. The molecule has 10 nitrogen and oxygen atoms in total. The molecule has 0 radical (unpaired) electrons. The van der Waals surface area contributed by atoms with Crippen LogP contribution in [0.15, 0.2) is 12.1 Å². The Bertz CT molecular complexity index is 998. The van der Waals surface area contributed by atoms with Crippen molar-refractivity contribution in [1.82, 2.24) is 24.9 Å². The van der Waals surface area contributed by atoms with Gasteiger partial charge in [-0.3, -0.25) is 9.18 Å². The SMILES string of the molecule is Cc1nc(-c2nnn(C)c2COC(=O)N(C)CCCC[18F])ccc1O[C@H]1CCC[C@H](C(=O)O)C1. The third kappa shape index (κ3) is 6.42. The molecule has 2 atom stereocenters. The van der Waals surface area contributed by atoms with Gasteiger partial charge in [0.05, 0.1) is 30.1 Å². The van der Waals surface area contributed by atoms with Crippen molar-refractivity contribution < 1.29 is 28.6 Å². The maximum Gasteiger partial charge on any atom is 0.409 e. The molecule has 1 fully saturated rings. The number of nitrogens with zero attached hydrogens (tertiary/aromatic N) is 5. The van der Waals surface area contributed by atoms with E-state index in [1.807, 2.05) is 6.92 Å². The summed E-state index contributed by atoms with van der Waals surface area (Å²) in [6, 6.07) is 3.56. The molecule has 186 valence electrons. The Hall–Kier alpha value is -3.24. The van der Waals surface area contributed by atoms with Crippen LogP contribution in [0, 0.1) is 12.8 Å². The van der Waals surface area contributed by atoms with Crippen molar-refractivity contribution in [3.05, 3.63) is 23.5 Å². The number of unbranched alkanes of at least 4 members (excludes halogenated alkanes) is 1. The molecule has 0 saturated heterocycles. The number of rotatable bonds is 10. The summed E-state index contributed by atoms with van der Waals surface area (Å²) in [6.07, 6.45) is 3.10. The topological polar surface area (TPSA) is 120 Å². The first-order valence-electron chi connectivity index (χ1n) is 11.5. The average molecular weight is 477 g/mol. The van der Waals surface area contributed by atoms with Crippen LogP contribution < -0.4 is 4.74 Å². The van der Waals surface area contributed by atoms with Gasteiger partial charge in [-0.05, 0) is 57.6 Å². The molecule has 0 spiro atoms. The van der Waals surface area contributed by atoms with Gasteiger partial charge in [-0.15, -0.1) is 5.10 Å². The highest BCUT2D eigenvalue weighted by Gasteiger charge is 2.28. The predicted molar refractivity (Wildman–Crippen MR) is 121 cm³/mol. The minimum absolute atomic E-state index is 0.0389. The summed E-state index contributed by atoms with van der Waals surface area (Å²) in [4.78, 5) is 29.6. The van der Waals surface area contributed by atoms with Gasteiger partial charge in [0.2, 0.25) is 0 Å². The summed E-state index contributed by atoms with van der Waals surface area (Å²) < 4.78 is 25.3. The van der Waals surface area contributed by atoms with E-state index in [2.05, 4.69) is 15.3 Å². The lowest BCUT2D eigenvalue weighted by molar-refractivity contribution is -0.143. The molecule has 1 aliphatic carbocycles. The predicted octanol–water partition coefficient (Wildman–Crippen LogP) is 3.53. The summed E-state index contributed by atoms with van der Waals surface area (Å²) in [5, 5.41) is 17.5. The second-order valence-electron chi connectivity index (χ2n) is 8.60. The molecule has 1 amide bonds. The van der Waals surface area contributed by atoms with Gasteiger partial charge in [0.25, 0.3) is 0 Å². The smallest absolute Gasteiger partial charge is 0.409 e. The number of hydrogen-bond acceptors (Lipinski definition) is 7. The van der Waals surface area contributed by atoms with Gasteiger partial charge in [0.1, 0.15) is 23.7 Å². The largest absolute Gasteiger partial charge is 0.489 e. The zero-order valence-corrected chi connectivity index (χ0v) is 19.9. The Morgan fingerprint density at radius 2 is 2.09 bits per heavy atom. The number of hydrogen-bond donors (Lipinski definition) is 1. The lowest BCUT2D eigenvalue weighted by atomic mass is 9.87. The summed E-state index contributed by atoms with van der Waals surface area (Å²) in [5.41, 5.74) is 2.29. The fourth-order valence-electron chi connectivity index (χ4n) is 3.97. The number of aromatic nitrogens is 4. The molecule has 2 heterocycles. The molecule has 0 aliphatic heterocycles. The number of alkyl halides is 1. The van der Waals surface area contributed by atoms with E-state index in [1.165, 1.54) is 9.58 Å². The Balaban J connectivity index is 1.66. The minimum Gasteiger partial charge on any atom is -0.489 e. The zero-order valence-electron chi connectivity index (χ0n) is 19.9. The summed E-state index contributed by atoms with van der Waals surface area (Å²) in [7, 11) is 3.31. The molecule has 3 rings (SSSR count).